The zero-order valence-corrected chi connectivity index (χ0v) is 16.6. The second kappa shape index (κ2) is 8.21. The summed E-state index contributed by atoms with van der Waals surface area (Å²) in [4.78, 5) is 20.7. The van der Waals surface area contributed by atoms with Crippen LogP contribution in [-0.2, 0) is 0 Å². The predicted octanol–water partition coefficient (Wildman–Crippen LogP) is 4.30. The molecule has 0 spiro atoms. The van der Waals surface area contributed by atoms with Crippen molar-refractivity contribution in [3.8, 4) is 9.88 Å². The van der Waals surface area contributed by atoms with E-state index in [2.05, 4.69) is 21.3 Å². The largest absolute Gasteiger partial charge is 0.370 e. The molecule has 3 N–H and O–H groups in total. The minimum atomic E-state index is -0.167. The number of amides is 1. The fraction of sp³-hybridized carbons (Fsp3) is 0.300. The number of aromatic nitrogens is 1. The molecule has 0 radical (unpaired) electrons. The number of hydrogen-bond acceptors (Lipinski definition) is 6. The number of thiazole rings is 1. The van der Waals surface area contributed by atoms with Crippen molar-refractivity contribution in [3.63, 3.8) is 0 Å². The molecule has 4 rings (SSSR count). The molecule has 0 bridgehead atoms. The van der Waals surface area contributed by atoms with Crippen LogP contribution in [0.1, 0.15) is 23.3 Å². The number of nitrogens with two attached hydrogens (primary N) is 1. The van der Waals surface area contributed by atoms with Crippen molar-refractivity contribution >= 4 is 40.0 Å². The van der Waals surface area contributed by atoms with Gasteiger partial charge in [0.05, 0.1) is 16.3 Å². The lowest BCUT2D eigenvalue weighted by atomic mass is 10.1. The number of thiophene rings is 1. The van der Waals surface area contributed by atoms with E-state index in [9.17, 15) is 4.79 Å². The third kappa shape index (κ3) is 4.05. The van der Waals surface area contributed by atoms with Gasteiger partial charge in [-0.25, -0.2) is 4.98 Å². The highest BCUT2D eigenvalue weighted by Gasteiger charge is 2.24. The van der Waals surface area contributed by atoms with E-state index in [0.29, 0.717) is 11.6 Å². The van der Waals surface area contributed by atoms with Gasteiger partial charge in [0, 0.05) is 18.5 Å². The number of carbonyl (C=O) groups is 1. The lowest BCUT2D eigenvalue weighted by Crippen LogP contribution is -2.23. The number of nitrogens with one attached hydrogen (secondary N) is 1. The Morgan fingerprint density at radius 2 is 2.15 bits per heavy atom. The number of hydrogen-bond donors (Lipinski definition) is 2. The number of nitrogens with zero attached hydrogens (tertiary/aromatic N) is 2. The van der Waals surface area contributed by atoms with E-state index < -0.39 is 0 Å². The standard InChI is InChI=1S/C20H22N4OS2/c21-9-7-14-8-10-24(12-14)17-5-2-1-4-15(17)22-19(25)16-13-27-20(23-16)18-6-3-11-26-18/h1-6,11,13-14H,7-10,12,21H2,(H,22,25). The maximum atomic E-state index is 12.7. The van der Waals surface area contributed by atoms with Crippen LogP contribution < -0.4 is 16.0 Å². The summed E-state index contributed by atoms with van der Waals surface area (Å²) >= 11 is 3.13. The first-order chi connectivity index (χ1) is 13.2. The van der Waals surface area contributed by atoms with Gasteiger partial charge in [0.2, 0.25) is 0 Å². The lowest BCUT2D eigenvalue weighted by molar-refractivity contribution is 0.102. The van der Waals surface area contributed by atoms with Crippen LogP contribution in [0.25, 0.3) is 9.88 Å². The van der Waals surface area contributed by atoms with E-state index in [0.717, 1.165) is 53.7 Å². The summed E-state index contributed by atoms with van der Waals surface area (Å²) < 4.78 is 0. The zero-order chi connectivity index (χ0) is 18.6. The van der Waals surface area contributed by atoms with Crippen molar-refractivity contribution in [3.05, 3.63) is 52.9 Å². The van der Waals surface area contributed by atoms with Crippen molar-refractivity contribution in [1.29, 1.82) is 0 Å². The third-order valence-electron chi connectivity index (χ3n) is 4.82. The molecule has 1 aliphatic rings. The Morgan fingerprint density at radius 3 is 2.96 bits per heavy atom. The van der Waals surface area contributed by atoms with E-state index in [1.54, 1.807) is 11.3 Å². The smallest absolute Gasteiger partial charge is 0.275 e. The quantitative estimate of drug-likeness (QED) is 0.649. The highest BCUT2D eigenvalue weighted by Crippen LogP contribution is 2.32. The maximum absolute atomic E-state index is 12.7. The minimum Gasteiger partial charge on any atom is -0.370 e. The Morgan fingerprint density at radius 1 is 1.26 bits per heavy atom. The Hall–Kier alpha value is -2.22. The van der Waals surface area contributed by atoms with Crippen LogP contribution in [-0.4, -0.2) is 30.5 Å². The predicted molar refractivity (Wildman–Crippen MR) is 114 cm³/mol. The Labute approximate surface area is 166 Å². The van der Waals surface area contributed by atoms with Crippen molar-refractivity contribution in [1.82, 2.24) is 4.98 Å². The maximum Gasteiger partial charge on any atom is 0.275 e. The summed E-state index contributed by atoms with van der Waals surface area (Å²) in [6.07, 6.45) is 2.20. The molecule has 1 aliphatic heterocycles. The summed E-state index contributed by atoms with van der Waals surface area (Å²) in [6.45, 7) is 2.72. The van der Waals surface area contributed by atoms with Crippen LogP contribution in [0.5, 0.6) is 0 Å². The molecule has 7 heteroatoms. The van der Waals surface area contributed by atoms with Gasteiger partial charge in [0.1, 0.15) is 10.7 Å². The Kier molecular flexibility index (Phi) is 5.52. The summed E-state index contributed by atoms with van der Waals surface area (Å²) in [6, 6.07) is 12.0. The molecule has 1 atom stereocenters. The zero-order valence-electron chi connectivity index (χ0n) is 14.9. The topological polar surface area (TPSA) is 71.2 Å². The molecule has 0 aliphatic carbocycles. The highest BCUT2D eigenvalue weighted by molar-refractivity contribution is 7.20. The van der Waals surface area contributed by atoms with Crippen LogP contribution in [0.3, 0.4) is 0 Å². The van der Waals surface area contributed by atoms with E-state index in [-0.39, 0.29) is 5.91 Å². The molecule has 3 aromatic rings. The summed E-state index contributed by atoms with van der Waals surface area (Å²) in [5, 5.41) is 7.77. The van der Waals surface area contributed by atoms with Crippen molar-refractivity contribution in [2.24, 2.45) is 11.7 Å². The number of benzene rings is 1. The fourth-order valence-electron chi connectivity index (χ4n) is 3.46. The first-order valence-electron chi connectivity index (χ1n) is 9.09. The molecule has 1 fully saturated rings. The average molecular weight is 399 g/mol. The normalized spacial score (nSPS) is 16.6. The van der Waals surface area contributed by atoms with Gasteiger partial charge in [-0.1, -0.05) is 18.2 Å². The van der Waals surface area contributed by atoms with Crippen molar-refractivity contribution in [2.75, 3.05) is 29.9 Å². The molecular weight excluding hydrogens is 376 g/mol. The van der Waals surface area contributed by atoms with E-state index in [4.69, 9.17) is 5.73 Å². The molecule has 2 aromatic heterocycles. The van der Waals surface area contributed by atoms with Gasteiger partial charge in [-0.15, -0.1) is 22.7 Å². The fourth-order valence-corrected chi connectivity index (χ4v) is 5.07. The van der Waals surface area contributed by atoms with E-state index in [1.165, 1.54) is 11.3 Å². The van der Waals surface area contributed by atoms with Gasteiger partial charge in [-0.3, -0.25) is 4.79 Å². The Balaban J connectivity index is 1.49. The van der Waals surface area contributed by atoms with Gasteiger partial charge in [0.15, 0.2) is 0 Å². The number of para-hydroxylation sites is 2. The molecule has 3 heterocycles. The first kappa shape index (κ1) is 18.2. The van der Waals surface area contributed by atoms with E-state index >= 15 is 0 Å². The van der Waals surface area contributed by atoms with Crippen molar-refractivity contribution in [2.45, 2.75) is 12.8 Å². The second-order valence-electron chi connectivity index (χ2n) is 6.66. The number of carbonyl (C=O) groups excluding carboxylic acids is 1. The molecule has 5 nitrogen and oxygen atoms in total. The van der Waals surface area contributed by atoms with Gasteiger partial charge in [-0.05, 0) is 48.9 Å². The molecule has 1 saturated heterocycles. The lowest BCUT2D eigenvalue weighted by Gasteiger charge is -2.22. The highest BCUT2D eigenvalue weighted by atomic mass is 32.1. The first-order valence-corrected chi connectivity index (χ1v) is 10.9. The van der Waals surface area contributed by atoms with Crippen LogP contribution in [0.4, 0.5) is 11.4 Å². The molecule has 1 aromatic carbocycles. The van der Waals surface area contributed by atoms with Crippen LogP contribution >= 0.6 is 22.7 Å². The molecule has 27 heavy (non-hydrogen) atoms. The third-order valence-corrected chi connectivity index (χ3v) is 6.70. The summed E-state index contributed by atoms with van der Waals surface area (Å²) in [7, 11) is 0. The molecule has 1 amide bonds. The SMILES string of the molecule is NCCC1CCN(c2ccccc2NC(=O)c2csc(-c3cccs3)n2)C1. The Bertz CT molecular complexity index is 906. The van der Waals surface area contributed by atoms with Gasteiger partial charge >= 0.3 is 0 Å². The van der Waals surface area contributed by atoms with Gasteiger partial charge < -0.3 is 16.0 Å². The number of anilines is 2. The molecule has 1 unspecified atom stereocenters. The summed E-state index contributed by atoms with van der Waals surface area (Å²) in [5.41, 5.74) is 8.07. The average Bonchev–Trinajstić information content (AvgIpc) is 3.43. The van der Waals surface area contributed by atoms with E-state index in [1.807, 2.05) is 41.1 Å². The van der Waals surface area contributed by atoms with Crippen LogP contribution in [0, 0.1) is 5.92 Å². The molecular formula is C20H22N4OS2. The second-order valence-corrected chi connectivity index (χ2v) is 8.47. The van der Waals surface area contributed by atoms with Gasteiger partial charge in [-0.2, -0.15) is 0 Å². The van der Waals surface area contributed by atoms with Crippen LogP contribution in [0.2, 0.25) is 0 Å². The van der Waals surface area contributed by atoms with Crippen molar-refractivity contribution < 1.29 is 4.79 Å². The minimum absolute atomic E-state index is 0.167. The monoisotopic (exact) mass is 398 g/mol. The summed E-state index contributed by atoms with van der Waals surface area (Å²) in [5.74, 6) is 0.463. The number of rotatable bonds is 6. The van der Waals surface area contributed by atoms with Crippen LogP contribution in [0.15, 0.2) is 47.2 Å². The van der Waals surface area contributed by atoms with Gasteiger partial charge in [0.25, 0.3) is 5.91 Å². The molecule has 0 saturated carbocycles. The molecule has 140 valence electrons.